The Hall–Kier alpha value is -1.79. The molecule has 1 heterocycles. The van der Waals surface area contributed by atoms with Gasteiger partial charge in [-0.25, -0.2) is 0 Å². The maximum absolute atomic E-state index is 12.8. The van der Waals surface area contributed by atoms with Gasteiger partial charge in [0.15, 0.2) is 6.61 Å². The molecule has 29 heavy (non-hydrogen) atoms. The highest BCUT2D eigenvalue weighted by Gasteiger charge is 2.28. The molecule has 3 rings (SSSR count). The highest BCUT2D eigenvalue weighted by Crippen LogP contribution is 2.29. The van der Waals surface area contributed by atoms with Crippen molar-refractivity contribution in [2.45, 2.75) is 64.0 Å². The van der Waals surface area contributed by atoms with Crippen molar-refractivity contribution in [3.05, 3.63) is 29.8 Å². The van der Waals surface area contributed by atoms with E-state index in [4.69, 9.17) is 10.5 Å². The zero-order valence-electron chi connectivity index (χ0n) is 17.3. The van der Waals surface area contributed by atoms with E-state index in [0.717, 1.165) is 63.6 Å². The van der Waals surface area contributed by atoms with Gasteiger partial charge in [0, 0.05) is 30.6 Å². The third kappa shape index (κ3) is 6.34. The van der Waals surface area contributed by atoms with Gasteiger partial charge in [-0.15, -0.1) is 12.4 Å². The van der Waals surface area contributed by atoms with Gasteiger partial charge in [-0.2, -0.15) is 0 Å². The summed E-state index contributed by atoms with van der Waals surface area (Å²) in [4.78, 5) is 26.9. The lowest BCUT2D eigenvalue weighted by Crippen LogP contribution is -2.39. The standard InChI is InChI=1S/C22H33N3O3.ClH/c1-2-19(24-22(27)16-8-7-9-17(23)14-16)18-10-3-4-11-20(18)28-15-21(26)25-12-5-6-13-25;/h3-4,10-11,16-17,19H,2,5-9,12-15,23H2,1H3,(H,24,27);1H. The summed E-state index contributed by atoms with van der Waals surface area (Å²) in [6, 6.07) is 7.67. The first-order valence-electron chi connectivity index (χ1n) is 10.6. The van der Waals surface area contributed by atoms with Gasteiger partial charge < -0.3 is 20.7 Å². The van der Waals surface area contributed by atoms with Gasteiger partial charge in [-0.05, 0) is 44.6 Å². The number of para-hydroxylation sites is 1. The number of carbonyl (C=O) groups excluding carboxylic acids is 2. The third-order valence-corrected chi connectivity index (χ3v) is 5.91. The van der Waals surface area contributed by atoms with E-state index in [1.54, 1.807) is 0 Å². The van der Waals surface area contributed by atoms with Gasteiger partial charge in [-0.1, -0.05) is 31.5 Å². The lowest BCUT2D eigenvalue weighted by Gasteiger charge is -2.28. The van der Waals surface area contributed by atoms with E-state index >= 15 is 0 Å². The molecular weight excluding hydrogens is 390 g/mol. The van der Waals surface area contributed by atoms with E-state index < -0.39 is 0 Å². The predicted octanol–water partition coefficient (Wildman–Crippen LogP) is 3.19. The Kier molecular flexibility index (Phi) is 9.24. The number of carbonyl (C=O) groups is 2. The zero-order valence-corrected chi connectivity index (χ0v) is 18.1. The highest BCUT2D eigenvalue weighted by molar-refractivity contribution is 5.85. The van der Waals surface area contributed by atoms with Crippen molar-refractivity contribution in [3.63, 3.8) is 0 Å². The normalized spacial score (nSPS) is 22.5. The molecule has 2 aliphatic rings. The molecule has 3 unspecified atom stereocenters. The average Bonchev–Trinajstić information content (AvgIpc) is 3.25. The molecule has 3 N–H and O–H groups in total. The molecule has 1 saturated heterocycles. The summed E-state index contributed by atoms with van der Waals surface area (Å²) in [5.41, 5.74) is 6.97. The number of halogens is 1. The first-order chi connectivity index (χ1) is 13.6. The average molecular weight is 424 g/mol. The number of nitrogens with two attached hydrogens (primary N) is 1. The summed E-state index contributed by atoms with van der Waals surface area (Å²) in [7, 11) is 0. The number of hydrogen-bond acceptors (Lipinski definition) is 4. The van der Waals surface area contributed by atoms with E-state index in [1.165, 1.54) is 0 Å². The van der Waals surface area contributed by atoms with Crippen LogP contribution in [0.4, 0.5) is 0 Å². The van der Waals surface area contributed by atoms with E-state index in [1.807, 2.05) is 36.1 Å². The van der Waals surface area contributed by atoms with Gasteiger partial charge in [0.05, 0.1) is 6.04 Å². The lowest BCUT2D eigenvalue weighted by molar-refractivity contribution is -0.132. The Morgan fingerprint density at radius 1 is 1.21 bits per heavy atom. The number of amides is 2. The van der Waals surface area contributed by atoms with Crippen LogP contribution in [0.1, 0.15) is 63.5 Å². The molecule has 0 spiro atoms. The van der Waals surface area contributed by atoms with Gasteiger partial charge >= 0.3 is 0 Å². The van der Waals surface area contributed by atoms with Crippen molar-refractivity contribution in [2.24, 2.45) is 11.7 Å². The van der Waals surface area contributed by atoms with Crippen molar-refractivity contribution in [1.82, 2.24) is 10.2 Å². The van der Waals surface area contributed by atoms with Gasteiger partial charge in [-0.3, -0.25) is 9.59 Å². The number of nitrogens with zero attached hydrogens (tertiary/aromatic N) is 1. The molecule has 1 saturated carbocycles. The second kappa shape index (κ2) is 11.4. The minimum absolute atomic E-state index is 0. The minimum Gasteiger partial charge on any atom is -0.483 e. The molecular formula is C22H34ClN3O3. The van der Waals surface area contributed by atoms with Crippen LogP contribution < -0.4 is 15.8 Å². The second-order valence-corrected chi connectivity index (χ2v) is 8.01. The molecule has 0 bridgehead atoms. The Balaban J connectivity index is 0.00000300. The van der Waals surface area contributed by atoms with E-state index in [9.17, 15) is 9.59 Å². The first-order valence-corrected chi connectivity index (χ1v) is 10.6. The number of nitrogens with one attached hydrogen (secondary N) is 1. The summed E-state index contributed by atoms with van der Waals surface area (Å²) in [5, 5.41) is 3.19. The topological polar surface area (TPSA) is 84.7 Å². The van der Waals surface area contributed by atoms with Crippen LogP contribution >= 0.6 is 12.4 Å². The fourth-order valence-corrected chi connectivity index (χ4v) is 4.25. The fraction of sp³-hybridized carbons (Fsp3) is 0.636. The molecule has 1 aliphatic heterocycles. The summed E-state index contributed by atoms with van der Waals surface area (Å²) in [5.74, 6) is 0.760. The molecule has 1 aromatic rings. The molecule has 1 aliphatic carbocycles. The number of benzene rings is 1. The van der Waals surface area contributed by atoms with Gasteiger partial charge in [0.25, 0.3) is 5.91 Å². The molecule has 2 fully saturated rings. The number of likely N-dealkylation sites (tertiary alicyclic amines) is 1. The van der Waals surface area contributed by atoms with E-state index in [2.05, 4.69) is 5.32 Å². The Morgan fingerprint density at radius 3 is 2.62 bits per heavy atom. The minimum atomic E-state index is -0.135. The SMILES string of the molecule is CCC(NC(=O)C1CCCC(N)C1)c1ccccc1OCC(=O)N1CCCC1.Cl. The van der Waals surface area contributed by atoms with Crippen LogP contribution in [0.2, 0.25) is 0 Å². The largest absolute Gasteiger partial charge is 0.483 e. The maximum Gasteiger partial charge on any atom is 0.260 e. The van der Waals surface area contributed by atoms with Crippen LogP contribution in [0.15, 0.2) is 24.3 Å². The summed E-state index contributed by atoms with van der Waals surface area (Å²) < 4.78 is 5.88. The molecule has 3 atom stereocenters. The van der Waals surface area contributed by atoms with Crippen LogP contribution in [-0.2, 0) is 9.59 Å². The Morgan fingerprint density at radius 2 is 1.93 bits per heavy atom. The van der Waals surface area contributed by atoms with Crippen molar-refractivity contribution in [1.29, 1.82) is 0 Å². The second-order valence-electron chi connectivity index (χ2n) is 8.01. The van der Waals surface area contributed by atoms with Gasteiger partial charge in [0.2, 0.25) is 5.91 Å². The fourth-order valence-electron chi connectivity index (χ4n) is 4.25. The predicted molar refractivity (Wildman–Crippen MR) is 116 cm³/mol. The lowest BCUT2D eigenvalue weighted by atomic mass is 9.85. The van der Waals surface area contributed by atoms with Crippen molar-refractivity contribution < 1.29 is 14.3 Å². The smallest absolute Gasteiger partial charge is 0.260 e. The van der Waals surface area contributed by atoms with E-state index in [-0.39, 0.29) is 48.8 Å². The third-order valence-electron chi connectivity index (χ3n) is 5.91. The monoisotopic (exact) mass is 423 g/mol. The molecule has 1 aromatic carbocycles. The van der Waals surface area contributed by atoms with Crippen LogP contribution in [0.25, 0.3) is 0 Å². The molecule has 7 heteroatoms. The summed E-state index contributed by atoms with van der Waals surface area (Å²) in [6.07, 6.45) is 6.55. The zero-order chi connectivity index (χ0) is 19.9. The Labute approximate surface area is 179 Å². The van der Waals surface area contributed by atoms with Crippen LogP contribution in [0.5, 0.6) is 5.75 Å². The van der Waals surface area contributed by atoms with Crippen molar-refractivity contribution >= 4 is 24.2 Å². The quantitative estimate of drug-likeness (QED) is 0.705. The van der Waals surface area contributed by atoms with E-state index in [0.29, 0.717) is 5.75 Å². The maximum atomic E-state index is 12.8. The number of ether oxygens (including phenoxy) is 1. The van der Waals surface area contributed by atoms with Crippen LogP contribution in [0, 0.1) is 5.92 Å². The van der Waals surface area contributed by atoms with Crippen molar-refractivity contribution in [3.8, 4) is 5.75 Å². The number of rotatable bonds is 7. The molecule has 0 aromatic heterocycles. The molecule has 0 radical (unpaired) electrons. The number of hydrogen-bond donors (Lipinski definition) is 2. The summed E-state index contributed by atoms with van der Waals surface area (Å²) >= 11 is 0. The van der Waals surface area contributed by atoms with Crippen LogP contribution in [0.3, 0.4) is 0 Å². The van der Waals surface area contributed by atoms with Gasteiger partial charge in [0.1, 0.15) is 5.75 Å². The molecule has 2 amide bonds. The van der Waals surface area contributed by atoms with Crippen molar-refractivity contribution in [2.75, 3.05) is 19.7 Å². The Bertz CT molecular complexity index is 679. The first kappa shape index (κ1) is 23.5. The highest BCUT2D eigenvalue weighted by atomic mass is 35.5. The summed E-state index contributed by atoms with van der Waals surface area (Å²) in [6.45, 7) is 3.73. The molecule has 162 valence electrons. The van der Waals surface area contributed by atoms with Crippen LogP contribution in [-0.4, -0.2) is 42.5 Å². The molecule has 6 nitrogen and oxygen atoms in total.